The van der Waals surface area contributed by atoms with E-state index in [2.05, 4.69) is 54.0 Å². The highest BCUT2D eigenvalue weighted by Gasteiger charge is 2.03. The van der Waals surface area contributed by atoms with E-state index in [9.17, 15) is 0 Å². The number of halogens is 2. The molecule has 0 spiro atoms. The van der Waals surface area contributed by atoms with Crippen LogP contribution in [0.1, 0.15) is 17.1 Å². The fourth-order valence-electron chi connectivity index (χ4n) is 1.40. The Balaban J connectivity index is 2.04. The topological polar surface area (TPSA) is 25.8 Å². The average Bonchev–Trinajstić information content (AvgIpc) is 2.39. The van der Waals surface area contributed by atoms with Crippen molar-refractivity contribution in [3.8, 4) is 0 Å². The van der Waals surface area contributed by atoms with Gasteiger partial charge in [-0.15, -0.1) is 11.8 Å². The molecule has 1 aromatic carbocycles. The van der Waals surface area contributed by atoms with E-state index in [0.29, 0.717) is 0 Å². The maximum absolute atomic E-state index is 4.54. The summed E-state index contributed by atoms with van der Waals surface area (Å²) < 4.78 is 1.10. The Hall–Kier alpha value is -0.390. The van der Waals surface area contributed by atoms with E-state index in [1.165, 1.54) is 4.90 Å². The van der Waals surface area contributed by atoms with Gasteiger partial charge in [-0.1, -0.05) is 31.9 Å². The minimum atomic E-state index is 0.775. The highest BCUT2D eigenvalue weighted by molar-refractivity contribution is 9.10. The lowest BCUT2D eigenvalue weighted by atomic mass is 10.3. The van der Waals surface area contributed by atoms with Gasteiger partial charge in [0.1, 0.15) is 5.82 Å². The second-order valence-corrected chi connectivity index (χ2v) is 6.32. The molecule has 2 aromatic rings. The van der Waals surface area contributed by atoms with Crippen LogP contribution in [0.4, 0.5) is 0 Å². The van der Waals surface area contributed by atoms with Gasteiger partial charge in [-0.3, -0.25) is 0 Å². The Bertz CT molecular complexity index is 529. The average molecular weight is 388 g/mol. The lowest BCUT2D eigenvalue weighted by Gasteiger charge is -2.05. The van der Waals surface area contributed by atoms with E-state index < -0.39 is 0 Å². The predicted octanol–water partition coefficient (Wildman–Crippen LogP) is 4.73. The smallest absolute Gasteiger partial charge is 0.138 e. The third-order valence-electron chi connectivity index (χ3n) is 2.43. The number of thioether (sulfide) groups is 1. The second kappa shape index (κ2) is 6.68. The Morgan fingerprint density at radius 3 is 2.61 bits per heavy atom. The molecule has 1 aromatic heterocycles. The zero-order valence-electron chi connectivity index (χ0n) is 9.86. The molecule has 0 unspecified atom stereocenters. The first-order valence-corrected chi connectivity index (χ1v) is 8.35. The predicted molar refractivity (Wildman–Crippen MR) is 83.1 cm³/mol. The maximum atomic E-state index is 4.54. The van der Waals surface area contributed by atoms with Crippen LogP contribution in [0, 0.1) is 6.92 Å². The first-order valence-electron chi connectivity index (χ1n) is 5.45. The Labute approximate surface area is 128 Å². The van der Waals surface area contributed by atoms with Crippen LogP contribution in [0.15, 0.2) is 39.8 Å². The summed E-state index contributed by atoms with van der Waals surface area (Å²) in [6, 6.07) is 8.27. The van der Waals surface area contributed by atoms with Crippen molar-refractivity contribution in [3.05, 3.63) is 52.0 Å². The number of hydrogen-bond donors (Lipinski definition) is 0. The molecule has 0 fully saturated rings. The largest absolute Gasteiger partial charge is 0.240 e. The van der Waals surface area contributed by atoms with Gasteiger partial charge in [-0.2, -0.15) is 0 Å². The van der Waals surface area contributed by atoms with Gasteiger partial charge in [-0.05, 0) is 36.8 Å². The lowest BCUT2D eigenvalue weighted by molar-refractivity contribution is 0.967. The summed E-state index contributed by atoms with van der Waals surface area (Å²) in [7, 11) is 0. The Kier molecular flexibility index (Phi) is 5.21. The first kappa shape index (κ1) is 14.0. The second-order valence-electron chi connectivity index (χ2n) is 3.79. The molecule has 18 heavy (non-hydrogen) atoms. The van der Waals surface area contributed by atoms with E-state index in [4.69, 9.17) is 0 Å². The fraction of sp³-hybridized carbons (Fsp3) is 0.231. The number of aromatic nitrogens is 2. The van der Waals surface area contributed by atoms with Gasteiger partial charge in [0.15, 0.2) is 0 Å². The van der Waals surface area contributed by atoms with Crippen LogP contribution in [0.2, 0.25) is 0 Å². The molecule has 0 atom stereocenters. The van der Waals surface area contributed by atoms with Crippen LogP contribution in [0.3, 0.4) is 0 Å². The molecule has 94 valence electrons. The normalized spacial score (nSPS) is 10.6. The molecule has 0 saturated heterocycles. The van der Waals surface area contributed by atoms with Crippen LogP contribution in [-0.2, 0) is 11.1 Å². The molecule has 2 nitrogen and oxygen atoms in total. The summed E-state index contributed by atoms with van der Waals surface area (Å²) in [5.41, 5.74) is 2.20. The zero-order valence-corrected chi connectivity index (χ0v) is 13.8. The molecule has 0 aliphatic rings. The van der Waals surface area contributed by atoms with Crippen molar-refractivity contribution in [1.82, 2.24) is 9.97 Å². The first-order chi connectivity index (χ1) is 8.69. The fourth-order valence-corrected chi connectivity index (χ4v) is 3.00. The minimum Gasteiger partial charge on any atom is -0.240 e. The van der Waals surface area contributed by atoms with Gasteiger partial charge in [-0.25, -0.2) is 9.97 Å². The number of alkyl halides is 1. The molecule has 1 heterocycles. The van der Waals surface area contributed by atoms with Crippen molar-refractivity contribution >= 4 is 43.6 Å². The van der Waals surface area contributed by atoms with E-state index in [-0.39, 0.29) is 0 Å². The van der Waals surface area contributed by atoms with Crippen molar-refractivity contribution in [2.24, 2.45) is 0 Å². The quantitative estimate of drug-likeness (QED) is 0.559. The maximum Gasteiger partial charge on any atom is 0.138 e. The summed E-state index contributed by atoms with van der Waals surface area (Å²) in [6.07, 6.45) is 1.89. The van der Waals surface area contributed by atoms with Gasteiger partial charge in [0.2, 0.25) is 0 Å². The summed E-state index contributed by atoms with van der Waals surface area (Å²) >= 11 is 8.62. The van der Waals surface area contributed by atoms with Crippen LogP contribution in [0.5, 0.6) is 0 Å². The van der Waals surface area contributed by atoms with Gasteiger partial charge in [0.05, 0.1) is 11.4 Å². The number of hydrogen-bond acceptors (Lipinski definition) is 3. The zero-order chi connectivity index (χ0) is 13.0. The summed E-state index contributed by atoms with van der Waals surface area (Å²) in [6.45, 7) is 2.03. The van der Waals surface area contributed by atoms with Gasteiger partial charge in [0.25, 0.3) is 0 Å². The molecular formula is C13H12Br2N2S. The lowest BCUT2D eigenvalue weighted by Crippen LogP contribution is -1.98. The highest BCUT2D eigenvalue weighted by atomic mass is 79.9. The summed E-state index contributed by atoms with van der Waals surface area (Å²) in [4.78, 5) is 10.1. The molecule has 0 amide bonds. The van der Waals surface area contributed by atoms with Gasteiger partial charge >= 0.3 is 0 Å². The van der Waals surface area contributed by atoms with E-state index in [1.54, 1.807) is 11.8 Å². The van der Waals surface area contributed by atoms with Crippen LogP contribution < -0.4 is 0 Å². The van der Waals surface area contributed by atoms with Crippen LogP contribution in [-0.4, -0.2) is 9.97 Å². The van der Waals surface area contributed by atoms with Gasteiger partial charge < -0.3 is 0 Å². The molecule has 0 bridgehead atoms. The number of nitrogens with zero attached hydrogens (tertiary/aromatic N) is 2. The van der Waals surface area contributed by atoms with Crippen LogP contribution in [0.25, 0.3) is 0 Å². The molecular weight excluding hydrogens is 376 g/mol. The molecule has 0 saturated carbocycles. The van der Waals surface area contributed by atoms with Crippen LogP contribution >= 0.6 is 43.6 Å². The van der Waals surface area contributed by atoms with Crippen molar-refractivity contribution in [1.29, 1.82) is 0 Å². The third-order valence-corrected chi connectivity index (χ3v) is 4.50. The minimum absolute atomic E-state index is 0.775. The van der Waals surface area contributed by atoms with E-state index >= 15 is 0 Å². The molecule has 0 radical (unpaired) electrons. The molecule has 5 heteroatoms. The van der Waals surface area contributed by atoms with Crippen molar-refractivity contribution in [3.63, 3.8) is 0 Å². The third kappa shape index (κ3) is 3.80. The standard InChI is InChI=1S/C13H12Br2N2S/c1-9-7-16-13(17-12(9)6-14)8-18-11-4-2-10(15)3-5-11/h2-5,7H,6,8H2,1H3. The molecule has 2 rings (SSSR count). The van der Waals surface area contributed by atoms with Gasteiger partial charge in [0, 0.05) is 20.9 Å². The van der Waals surface area contributed by atoms with E-state index in [1.807, 2.05) is 25.3 Å². The summed E-state index contributed by atoms with van der Waals surface area (Å²) in [5, 5.41) is 0.775. The Morgan fingerprint density at radius 1 is 1.22 bits per heavy atom. The monoisotopic (exact) mass is 386 g/mol. The van der Waals surface area contributed by atoms with Crippen molar-refractivity contribution < 1.29 is 0 Å². The Morgan fingerprint density at radius 2 is 1.94 bits per heavy atom. The number of rotatable bonds is 4. The van der Waals surface area contributed by atoms with E-state index in [0.717, 1.165) is 32.6 Å². The van der Waals surface area contributed by atoms with Crippen molar-refractivity contribution in [2.45, 2.75) is 22.9 Å². The number of aryl methyl sites for hydroxylation is 1. The molecule has 0 N–H and O–H groups in total. The highest BCUT2D eigenvalue weighted by Crippen LogP contribution is 2.23. The molecule has 0 aliphatic carbocycles. The molecule has 0 aliphatic heterocycles. The number of benzene rings is 1. The summed E-state index contributed by atoms with van der Waals surface area (Å²) in [5.74, 6) is 1.67. The van der Waals surface area contributed by atoms with Crippen molar-refractivity contribution in [2.75, 3.05) is 0 Å². The SMILES string of the molecule is Cc1cnc(CSc2ccc(Br)cc2)nc1CBr.